The van der Waals surface area contributed by atoms with Crippen LogP contribution in [0.1, 0.15) is 25.7 Å². The van der Waals surface area contributed by atoms with Gasteiger partial charge in [-0.3, -0.25) is 4.90 Å². The molecule has 0 spiro atoms. The lowest BCUT2D eigenvalue weighted by Gasteiger charge is -2.33. The predicted molar refractivity (Wildman–Crippen MR) is 119 cm³/mol. The summed E-state index contributed by atoms with van der Waals surface area (Å²) in [6, 6.07) is 13.2. The molecule has 5 rings (SSSR count). The molecule has 2 aromatic carbocycles. The number of nitrogens with zero attached hydrogens (tertiary/aromatic N) is 2. The van der Waals surface area contributed by atoms with Crippen molar-refractivity contribution in [3.05, 3.63) is 45.3 Å². The number of halogens is 2. The number of morpholine rings is 1. The van der Waals surface area contributed by atoms with Crippen molar-refractivity contribution in [2.45, 2.75) is 37.8 Å². The smallest absolute Gasteiger partial charge is 0.152 e. The second-order valence-electron chi connectivity index (χ2n) is 7.88. The van der Waals surface area contributed by atoms with E-state index in [1.165, 1.54) is 32.2 Å². The molecule has 2 saturated heterocycles. The number of hydrogen-bond acceptors (Lipinski definition) is 4. The number of ether oxygens (including phenoxy) is 2. The molecule has 3 aliphatic heterocycles. The number of rotatable bonds is 6. The second-order valence-corrected chi connectivity index (χ2v) is 9.71. The van der Waals surface area contributed by atoms with Gasteiger partial charge in [0.1, 0.15) is 0 Å². The van der Waals surface area contributed by atoms with E-state index in [2.05, 4.69) is 78.1 Å². The van der Waals surface area contributed by atoms with E-state index in [1.807, 2.05) is 0 Å². The quantitative estimate of drug-likeness (QED) is 0.441. The van der Waals surface area contributed by atoms with E-state index in [0.29, 0.717) is 12.1 Å². The topological polar surface area (TPSA) is 24.9 Å². The van der Waals surface area contributed by atoms with Gasteiger partial charge in [0, 0.05) is 28.1 Å². The molecule has 3 aliphatic rings. The lowest BCUT2D eigenvalue weighted by atomic mass is 10.1. The maximum Gasteiger partial charge on any atom is 0.152 e. The highest BCUT2D eigenvalue weighted by molar-refractivity contribution is 9.10. The van der Waals surface area contributed by atoms with Gasteiger partial charge in [-0.2, -0.15) is 0 Å². The average Bonchev–Trinajstić information content (AvgIpc) is 3.30. The number of hydrogen-bond donors (Lipinski definition) is 0. The molecule has 0 unspecified atom stereocenters. The maximum atomic E-state index is 6.17. The summed E-state index contributed by atoms with van der Waals surface area (Å²) in [6.45, 7) is 4.29. The van der Waals surface area contributed by atoms with Gasteiger partial charge >= 0.3 is 0 Å². The molecule has 2 atom stereocenters. The Bertz CT molecular complexity index is 824. The van der Waals surface area contributed by atoms with Crippen molar-refractivity contribution in [1.82, 2.24) is 4.90 Å². The molecule has 0 aromatic heterocycles. The van der Waals surface area contributed by atoms with E-state index >= 15 is 0 Å². The Kier molecular flexibility index (Phi) is 5.39. The van der Waals surface area contributed by atoms with Crippen LogP contribution in [0.2, 0.25) is 0 Å². The first-order valence-electron chi connectivity index (χ1n) is 10.1. The lowest BCUT2D eigenvalue weighted by molar-refractivity contribution is 0.0300. The summed E-state index contributed by atoms with van der Waals surface area (Å²) in [5.74, 6) is 1.82. The first-order valence-corrected chi connectivity index (χ1v) is 11.7. The highest BCUT2D eigenvalue weighted by Gasteiger charge is 2.38. The number of likely N-dealkylation sites (tertiary alicyclic amines) is 1. The Morgan fingerprint density at radius 3 is 2.18 bits per heavy atom. The molecule has 6 heteroatoms. The standard InChI is InChI=1S/C22H24Br2N2O2/c23-15-4-6-19-21(10-15)28-22-11-16(24)5-7-20(22)26(19)9-3-1-2-8-25-13-18-12-17(25)14-27-18/h4-7,10-11,17-18H,1-3,8-9,12-14H2/t17-,18-/m0/s1. The van der Waals surface area contributed by atoms with E-state index in [9.17, 15) is 0 Å². The van der Waals surface area contributed by atoms with Crippen molar-refractivity contribution in [2.75, 3.05) is 31.1 Å². The summed E-state index contributed by atoms with van der Waals surface area (Å²) in [5, 5.41) is 0. The molecule has 0 aliphatic carbocycles. The lowest BCUT2D eigenvalue weighted by Crippen LogP contribution is -2.37. The Labute approximate surface area is 183 Å². The van der Waals surface area contributed by atoms with Crippen molar-refractivity contribution in [2.24, 2.45) is 0 Å². The molecule has 4 nitrogen and oxygen atoms in total. The Morgan fingerprint density at radius 2 is 1.57 bits per heavy atom. The molecule has 0 N–H and O–H groups in total. The van der Waals surface area contributed by atoms with E-state index in [-0.39, 0.29) is 0 Å². The summed E-state index contributed by atoms with van der Waals surface area (Å²) >= 11 is 7.13. The number of fused-ring (bicyclic) bond motifs is 4. The number of anilines is 2. The fraction of sp³-hybridized carbons (Fsp3) is 0.455. The molecule has 148 valence electrons. The third-order valence-electron chi connectivity index (χ3n) is 5.99. The van der Waals surface area contributed by atoms with Gasteiger partial charge in [-0.1, -0.05) is 38.3 Å². The minimum Gasteiger partial charge on any atom is -0.453 e. The molecule has 0 amide bonds. The van der Waals surface area contributed by atoms with Crippen LogP contribution in [-0.4, -0.2) is 43.3 Å². The number of benzene rings is 2. The van der Waals surface area contributed by atoms with E-state index < -0.39 is 0 Å². The highest BCUT2D eigenvalue weighted by atomic mass is 79.9. The minimum absolute atomic E-state index is 0.505. The van der Waals surface area contributed by atoms with E-state index in [4.69, 9.17) is 9.47 Å². The normalized spacial score (nSPS) is 22.9. The molecular formula is C22H24Br2N2O2. The summed E-state index contributed by atoms with van der Waals surface area (Å²) in [4.78, 5) is 5.03. The van der Waals surface area contributed by atoms with Crippen molar-refractivity contribution in [3.8, 4) is 11.5 Å². The zero-order valence-electron chi connectivity index (χ0n) is 15.7. The monoisotopic (exact) mass is 506 g/mol. The molecule has 2 fully saturated rings. The summed E-state index contributed by atoms with van der Waals surface area (Å²) in [6.07, 6.45) is 5.42. The van der Waals surface area contributed by atoms with Crippen LogP contribution in [0.5, 0.6) is 11.5 Å². The van der Waals surface area contributed by atoms with Crippen LogP contribution in [0.4, 0.5) is 11.4 Å². The zero-order valence-corrected chi connectivity index (χ0v) is 18.9. The molecule has 0 radical (unpaired) electrons. The largest absolute Gasteiger partial charge is 0.453 e. The fourth-order valence-corrected chi connectivity index (χ4v) is 5.27. The van der Waals surface area contributed by atoms with Gasteiger partial charge in [0.2, 0.25) is 0 Å². The van der Waals surface area contributed by atoms with Crippen LogP contribution in [-0.2, 0) is 4.74 Å². The SMILES string of the molecule is Brc1ccc2c(c1)Oc1cc(Br)ccc1N2CCCCCN1C[C@@H]2C[C@H]1CO2. The minimum atomic E-state index is 0.505. The molecule has 0 saturated carbocycles. The van der Waals surface area contributed by atoms with Gasteiger partial charge < -0.3 is 14.4 Å². The van der Waals surface area contributed by atoms with Crippen LogP contribution in [0.25, 0.3) is 0 Å². The first kappa shape index (κ1) is 18.9. The summed E-state index contributed by atoms with van der Waals surface area (Å²) < 4.78 is 13.9. The van der Waals surface area contributed by atoms with Gasteiger partial charge in [0.05, 0.1) is 24.1 Å². The summed E-state index contributed by atoms with van der Waals surface area (Å²) in [7, 11) is 0. The van der Waals surface area contributed by atoms with Gasteiger partial charge in [0.15, 0.2) is 11.5 Å². The van der Waals surface area contributed by atoms with Gasteiger partial charge in [-0.25, -0.2) is 0 Å². The summed E-state index contributed by atoms with van der Waals surface area (Å²) in [5.41, 5.74) is 2.29. The average molecular weight is 508 g/mol. The van der Waals surface area contributed by atoms with Crippen molar-refractivity contribution in [1.29, 1.82) is 0 Å². The second kappa shape index (κ2) is 7.98. The maximum absolute atomic E-state index is 6.17. The molecular weight excluding hydrogens is 484 g/mol. The highest BCUT2D eigenvalue weighted by Crippen LogP contribution is 2.48. The van der Waals surface area contributed by atoms with Gasteiger partial charge in [-0.05, 0) is 62.2 Å². The third kappa shape index (κ3) is 3.72. The van der Waals surface area contributed by atoms with Crippen molar-refractivity contribution in [3.63, 3.8) is 0 Å². The van der Waals surface area contributed by atoms with Crippen LogP contribution < -0.4 is 9.64 Å². The van der Waals surface area contributed by atoms with Gasteiger partial charge in [-0.15, -0.1) is 0 Å². The molecule has 2 bridgehead atoms. The van der Waals surface area contributed by atoms with Crippen LogP contribution in [0.15, 0.2) is 45.3 Å². The van der Waals surface area contributed by atoms with Crippen molar-refractivity contribution < 1.29 is 9.47 Å². The molecule has 3 heterocycles. The molecule has 2 aromatic rings. The van der Waals surface area contributed by atoms with Crippen molar-refractivity contribution >= 4 is 43.2 Å². The third-order valence-corrected chi connectivity index (χ3v) is 6.97. The Balaban J connectivity index is 1.23. The molecule has 28 heavy (non-hydrogen) atoms. The van der Waals surface area contributed by atoms with Gasteiger partial charge in [0.25, 0.3) is 0 Å². The first-order chi connectivity index (χ1) is 13.7. The predicted octanol–water partition coefficient (Wildman–Crippen LogP) is 6.10. The van der Waals surface area contributed by atoms with E-state index in [0.717, 1.165) is 51.5 Å². The number of unbranched alkanes of at least 4 members (excludes halogenated alkanes) is 2. The van der Waals surface area contributed by atoms with Crippen LogP contribution in [0, 0.1) is 0 Å². The van der Waals surface area contributed by atoms with Crippen LogP contribution in [0.3, 0.4) is 0 Å². The fourth-order valence-electron chi connectivity index (χ4n) is 4.59. The zero-order chi connectivity index (χ0) is 19.1. The Morgan fingerprint density at radius 1 is 0.893 bits per heavy atom. The Hall–Kier alpha value is -1.08. The van der Waals surface area contributed by atoms with Crippen LogP contribution >= 0.6 is 31.9 Å². The van der Waals surface area contributed by atoms with E-state index in [1.54, 1.807) is 0 Å².